The predicted molar refractivity (Wildman–Crippen MR) is 365 cm³/mol. The second kappa shape index (κ2) is 30.3. The van der Waals surface area contributed by atoms with Crippen LogP contribution >= 0.6 is 0 Å². The minimum atomic E-state index is -2.50. The molecular formula is C67H98F4N18O6. The summed E-state index contributed by atoms with van der Waals surface area (Å²) in [5.74, 6) is -0.0266. The van der Waals surface area contributed by atoms with Gasteiger partial charge in [-0.1, -0.05) is 0 Å². The standard InChI is InChI=1S/C17H26N4O2.C15H23FN4O2.C15H22N4O2.C10H13F2N3.C10H14FN3/c1-16(2,3)23-15(22)20-8-4-7-17(10-20)11-21(12-17)13-5-6-14(18)19-9-13;1-15(2,3)22-14(21)19-12-6-7-20(9-11(12)16)10-4-5-13(17)18-8-10;1-14(2,3)21-13(20)19-9-15(10-19)7-18(8-15)11-4-5-12(16)17-6-11;11-10(12)3-5-15(6-4-10)8-1-2-9(13)14-7-8;11-8-3-5-14(6-4-8)9-1-2-10(12)13-7-9/h5-6,9H,4,7-8,10-12H2,1-3H3,(H2,18,19);4-5,8,11-12H,6-7,9H2,1-3H3,(H2,17,18)(H,19,21);4-6H,7-10H2,1-3H3,(H2,16,17);1-2,7H,3-6H2,(H2,13,14);1-2,7-8H,3-6H2,(H2,12,13)/t;11-,12-;;;/m.0.../s1. The molecule has 2 spiro atoms. The number of hydrogen-bond acceptors (Lipinski definition) is 21. The van der Waals surface area contributed by atoms with E-state index < -0.39 is 47.2 Å². The van der Waals surface area contributed by atoms with E-state index >= 15 is 0 Å². The predicted octanol–water partition coefficient (Wildman–Crippen LogP) is 9.83. The van der Waals surface area contributed by atoms with Crippen molar-refractivity contribution in [2.75, 3.05) is 145 Å². The van der Waals surface area contributed by atoms with Gasteiger partial charge in [0.25, 0.3) is 5.92 Å². The number of alkyl carbamates (subject to hydrolysis) is 1. The Bertz CT molecular complexity index is 3250. The van der Waals surface area contributed by atoms with E-state index in [0.29, 0.717) is 68.0 Å². The second-order valence-corrected chi connectivity index (χ2v) is 28.8. The number of pyridine rings is 5. The Balaban J connectivity index is 0.000000154. The Hall–Kier alpha value is -8.72. The lowest BCUT2D eigenvalue weighted by molar-refractivity contribution is -0.0453. The maximum Gasteiger partial charge on any atom is 0.410 e. The zero-order valence-electron chi connectivity index (χ0n) is 56.5. The van der Waals surface area contributed by atoms with E-state index in [2.05, 4.69) is 44.9 Å². The zero-order chi connectivity index (χ0) is 69.1. The molecule has 0 saturated carbocycles. The van der Waals surface area contributed by atoms with E-state index in [1.165, 1.54) is 0 Å². The number of ether oxygens (including phenoxy) is 3. The largest absolute Gasteiger partial charge is 0.444 e. The number of hydrogen-bond donors (Lipinski definition) is 6. The number of nitrogens with two attached hydrogens (primary N) is 5. The first-order valence-corrected chi connectivity index (χ1v) is 32.5. The molecule has 12 heterocycles. The van der Waals surface area contributed by atoms with Crippen LogP contribution in [-0.2, 0) is 14.2 Å². The van der Waals surface area contributed by atoms with E-state index in [1.54, 1.807) is 68.7 Å². The number of nitrogens with one attached hydrogen (secondary N) is 1. The summed E-state index contributed by atoms with van der Waals surface area (Å²) in [7, 11) is 0. The Morgan fingerprint density at radius 3 is 1.20 bits per heavy atom. The summed E-state index contributed by atoms with van der Waals surface area (Å²) in [5.41, 5.74) is 31.6. The molecule has 7 aliphatic heterocycles. The van der Waals surface area contributed by atoms with Crippen LogP contribution in [0, 0.1) is 10.8 Å². The fourth-order valence-corrected chi connectivity index (χ4v) is 12.1. The monoisotopic (exact) mass is 1330 g/mol. The van der Waals surface area contributed by atoms with Gasteiger partial charge in [-0.25, -0.2) is 56.9 Å². The molecule has 11 N–H and O–H groups in total. The molecule has 2 atom stereocenters. The van der Waals surface area contributed by atoms with Gasteiger partial charge < -0.3 is 82.5 Å². The first kappa shape index (κ1) is 72.1. The molecule has 5 aromatic rings. The van der Waals surface area contributed by atoms with Gasteiger partial charge in [0.15, 0.2) is 0 Å². The molecule has 28 heteroatoms. The van der Waals surface area contributed by atoms with Crippen molar-refractivity contribution in [2.24, 2.45) is 10.8 Å². The van der Waals surface area contributed by atoms with E-state index in [4.69, 9.17) is 42.9 Å². The van der Waals surface area contributed by atoms with E-state index in [9.17, 15) is 31.9 Å². The average molecular weight is 1330 g/mol. The second-order valence-electron chi connectivity index (χ2n) is 28.8. The van der Waals surface area contributed by atoms with Crippen LogP contribution in [0.2, 0.25) is 0 Å². The average Bonchev–Trinajstić information content (AvgIpc) is 0.740. The smallest absolute Gasteiger partial charge is 0.410 e. The van der Waals surface area contributed by atoms with E-state index in [0.717, 1.165) is 107 Å². The third kappa shape index (κ3) is 21.7. The summed E-state index contributed by atoms with van der Waals surface area (Å²) < 4.78 is 69.0. The van der Waals surface area contributed by atoms with Crippen LogP contribution in [0.1, 0.15) is 107 Å². The molecule has 7 saturated heterocycles. The Labute approximate surface area is 555 Å². The lowest BCUT2D eigenvalue weighted by atomic mass is 9.73. The number of anilines is 10. The Kier molecular flexibility index (Phi) is 23.0. The number of carbonyl (C=O) groups is 3. The van der Waals surface area contributed by atoms with Crippen LogP contribution in [0.3, 0.4) is 0 Å². The molecule has 24 nitrogen and oxygen atoms in total. The highest BCUT2D eigenvalue weighted by atomic mass is 19.3. The molecule has 12 rings (SSSR count). The highest BCUT2D eigenvalue weighted by Gasteiger charge is 2.54. The molecule has 0 bridgehead atoms. The fraction of sp³-hybridized carbons (Fsp3) is 0.582. The van der Waals surface area contributed by atoms with Crippen molar-refractivity contribution in [3.05, 3.63) is 91.6 Å². The van der Waals surface area contributed by atoms with Gasteiger partial charge in [-0.15, -0.1) is 0 Å². The normalized spacial score (nSPS) is 20.4. The van der Waals surface area contributed by atoms with E-state index in [1.807, 2.05) is 105 Å². The number of rotatable bonds is 6. The highest BCUT2D eigenvalue weighted by molar-refractivity contribution is 5.71. The van der Waals surface area contributed by atoms with Crippen molar-refractivity contribution in [3.8, 4) is 0 Å². The summed E-state index contributed by atoms with van der Waals surface area (Å²) >= 11 is 0. The molecule has 520 valence electrons. The van der Waals surface area contributed by atoms with Crippen molar-refractivity contribution in [1.82, 2.24) is 40.0 Å². The highest BCUT2D eigenvalue weighted by Crippen LogP contribution is 2.43. The van der Waals surface area contributed by atoms with E-state index in [-0.39, 0.29) is 42.4 Å². The number of alkyl halides is 4. The molecule has 95 heavy (non-hydrogen) atoms. The van der Waals surface area contributed by atoms with Crippen LogP contribution in [0.4, 0.5) is 89.5 Å². The van der Waals surface area contributed by atoms with Crippen LogP contribution in [0.15, 0.2) is 91.6 Å². The number of aromatic nitrogens is 5. The molecular weight excluding hydrogens is 1230 g/mol. The molecule has 0 radical (unpaired) electrons. The number of piperidine rings is 4. The molecule has 7 aliphatic rings. The maximum absolute atomic E-state index is 14.3. The molecule has 7 fully saturated rings. The van der Waals surface area contributed by atoms with Gasteiger partial charge in [0.2, 0.25) is 0 Å². The molecule has 3 amide bonds. The number of nitrogens with zero attached hydrogens (tertiary/aromatic N) is 12. The van der Waals surface area contributed by atoms with Crippen LogP contribution in [0.25, 0.3) is 0 Å². The van der Waals surface area contributed by atoms with Gasteiger partial charge in [0, 0.05) is 109 Å². The number of nitrogen functional groups attached to an aromatic ring is 5. The summed E-state index contributed by atoms with van der Waals surface area (Å²) in [6.45, 7) is 26.8. The molecule has 0 unspecified atom stereocenters. The molecule has 5 aromatic heterocycles. The summed E-state index contributed by atoms with van der Waals surface area (Å²) in [6.07, 6.45) is 9.59. The minimum Gasteiger partial charge on any atom is -0.444 e. The Morgan fingerprint density at radius 2 is 0.811 bits per heavy atom. The lowest BCUT2D eigenvalue weighted by Crippen LogP contribution is -2.73. The van der Waals surface area contributed by atoms with Crippen molar-refractivity contribution in [2.45, 2.75) is 148 Å². The quantitative estimate of drug-likeness (QED) is 0.0680. The van der Waals surface area contributed by atoms with Crippen LogP contribution in [0.5, 0.6) is 0 Å². The maximum atomic E-state index is 14.3. The van der Waals surface area contributed by atoms with Crippen LogP contribution < -0.4 is 58.5 Å². The van der Waals surface area contributed by atoms with Gasteiger partial charge >= 0.3 is 18.3 Å². The SMILES string of the molecule is CC(C)(C)OC(=O)N1CC2(C1)CN(c1ccc(N)nc1)C2.CC(C)(C)OC(=O)N1CCCC2(C1)CN(c1ccc(N)nc1)C2.CC(C)(C)OC(=O)N[C@H]1CCN(c2ccc(N)nc2)C[C@@H]1F.Nc1ccc(N2CCC(F)(F)CC2)cn1.Nc1ccc(N2CCC(F)CC2)cn1. The zero-order valence-corrected chi connectivity index (χ0v) is 56.5. The van der Waals surface area contributed by atoms with Crippen LogP contribution in [-0.4, -0.2) is 186 Å². The fourth-order valence-electron chi connectivity index (χ4n) is 12.1. The van der Waals surface area contributed by atoms with Gasteiger partial charge in [-0.3, -0.25) is 0 Å². The topological polar surface area (TPSA) is 308 Å². The molecule has 0 aromatic carbocycles. The number of likely N-dealkylation sites (tertiary alicyclic amines) is 2. The van der Waals surface area contributed by atoms with Crippen molar-refractivity contribution < 1.29 is 46.2 Å². The molecule has 0 aliphatic carbocycles. The van der Waals surface area contributed by atoms with Gasteiger partial charge in [0.05, 0.1) is 72.0 Å². The van der Waals surface area contributed by atoms with Crippen molar-refractivity contribution >= 4 is 75.8 Å². The van der Waals surface area contributed by atoms with Gasteiger partial charge in [-0.05, 0) is 155 Å². The van der Waals surface area contributed by atoms with Gasteiger partial charge in [0.1, 0.15) is 58.2 Å². The summed E-state index contributed by atoms with van der Waals surface area (Å²) in [4.78, 5) is 70.3. The summed E-state index contributed by atoms with van der Waals surface area (Å²) in [6, 6.07) is 17.8. The first-order valence-electron chi connectivity index (χ1n) is 32.5. The van der Waals surface area contributed by atoms with Crippen molar-refractivity contribution in [1.29, 1.82) is 0 Å². The lowest BCUT2D eigenvalue weighted by Gasteiger charge is -2.60. The Morgan fingerprint density at radius 1 is 0.453 bits per heavy atom. The number of amides is 3. The number of halogens is 4. The number of carbonyl (C=O) groups excluding carboxylic acids is 3. The van der Waals surface area contributed by atoms with Crippen molar-refractivity contribution in [3.63, 3.8) is 0 Å². The minimum absolute atomic E-state index is 0.0859. The third-order valence-corrected chi connectivity index (χ3v) is 17.0. The first-order chi connectivity index (χ1) is 44.6. The third-order valence-electron chi connectivity index (χ3n) is 17.0. The summed E-state index contributed by atoms with van der Waals surface area (Å²) in [5, 5.41) is 2.61. The van der Waals surface area contributed by atoms with Gasteiger partial charge in [-0.2, -0.15) is 0 Å².